The fraction of sp³-hybridized carbons (Fsp3) is 0.125. The molecule has 2 N–H and O–H groups in total. The summed E-state index contributed by atoms with van der Waals surface area (Å²) in [4.78, 5) is 14.4. The second-order valence-corrected chi connectivity index (χ2v) is 4.07. The number of aromatic amines is 1. The molecule has 0 aliphatic carbocycles. The first kappa shape index (κ1) is 11.0. The summed E-state index contributed by atoms with van der Waals surface area (Å²) < 4.78 is 5.11. The number of aromatic nitrogens is 3. The topological polar surface area (TPSA) is 92.0 Å². The van der Waals surface area contributed by atoms with Crippen molar-refractivity contribution in [2.75, 3.05) is 5.75 Å². The van der Waals surface area contributed by atoms with E-state index in [0.717, 1.165) is 11.8 Å². The average Bonchev–Trinajstić information content (AvgIpc) is 2.83. The Morgan fingerprint density at radius 3 is 3.06 bits per heavy atom. The molecule has 16 heavy (non-hydrogen) atoms. The number of halogens is 1. The minimum atomic E-state index is -0.919. The van der Waals surface area contributed by atoms with Gasteiger partial charge in [0.25, 0.3) is 0 Å². The van der Waals surface area contributed by atoms with Crippen molar-refractivity contribution in [1.82, 2.24) is 15.2 Å². The van der Waals surface area contributed by atoms with E-state index in [1.54, 1.807) is 12.1 Å². The highest BCUT2D eigenvalue weighted by atomic mass is 35.5. The van der Waals surface area contributed by atoms with E-state index in [9.17, 15) is 4.79 Å². The van der Waals surface area contributed by atoms with Crippen LogP contribution in [-0.2, 0) is 4.79 Å². The normalized spacial score (nSPS) is 10.6. The third-order valence-corrected chi connectivity index (χ3v) is 2.63. The number of nitrogens with zero attached hydrogens (tertiary/aromatic N) is 2. The number of H-pyrrole nitrogens is 1. The third kappa shape index (κ3) is 2.56. The van der Waals surface area contributed by atoms with Crippen LogP contribution in [0.2, 0.25) is 5.22 Å². The number of rotatable bonds is 4. The predicted octanol–water partition coefficient (Wildman–Crippen LogP) is 1.89. The van der Waals surface area contributed by atoms with Crippen LogP contribution in [0.25, 0.3) is 11.6 Å². The molecule has 0 saturated carbocycles. The molecule has 2 aromatic heterocycles. The molecule has 84 valence electrons. The highest BCUT2D eigenvalue weighted by Gasteiger charge is 2.10. The van der Waals surface area contributed by atoms with E-state index in [0.29, 0.717) is 16.7 Å². The zero-order chi connectivity index (χ0) is 11.5. The molecule has 8 heteroatoms. The second-order valence-electron chi connectivity index (χ2n) is 2.75. The van der Waals surface area contributed by atoms with Crippen molar-refractivity contribution in [2.24, 2.45) is 0 Å². The van der Waals surface area contributed by atoms with E-state index in [4.69, 9.17) is 21.1 Å². The summed E-state index contributed by atoms with van der Waals surface area (Å²) in [5, 5.41) is 15.6. The van der Waals surface area contributed by atoms with Crippen LogP contribution in [0.3, 0.4) is 0 Å². The SMILES string of the molecule is O=C(O)CSc1n[nH]c(-c2ccc(Cl)o2)n1. The molecule has 0 aliphatic rings. The van der Waals surface area contributed by atoms with Gasteiger partial charge < -0.3 is 9.52 Å². The van der Waals surface area contributed by atoms with E-state index < -0.39 is 5.97 Å². The molecule has 2 aromatic rings. The maximum absolute atomic E-state index is 10.3. The number of hydrogen-bond donors (Lipinski definition) is 2. The van der Waals surface area contributed by atoms with E-state index in [1.165, 1.54) is 0 Å². The molecule has 0 aromatic carbocycles. The lowest BCUT2D eigenvalue weighted by Gasteiger charge is -1.88. The number of furan rings is 1. The third-order valence-electron chi connectivity index (χ3n) is 1.60. The molecular formula is C8H6ClN3O3S. The van der Waals surface area contributed by atoms with Crippen LogP contribution in [0.15, 0.2) is 21.7 Å². The molecule has 6 nitrogen and oxygen atoms in total. The van der Waals surface area contributed by atoms with Gasteiger partial charge in [0.2, 0.25) is 5.16 Å². The molecule has 0 spiro atoms. The standard InChI is InChI=1S/C8H6ClN3O3S/c9-5-2-1-4(15-5)7-10-8(12-11-7)16-3-6(13)14/h1-2H,3H2,(H,13,14)(H,10,11,12). The average molecular weight is 260 g/mol. The number of carbonyl (C=O) groups is 1. The van der Waals surface area contributed by atoms with Crippen molar-refractivity contribution in [1.29, 1.82) is 0 Å². The summed E-state index contributed by atoms with van der Waals surface area (Å²) in [5.41, 5.74) is 0. The maximum Gasteiger partial charge on any atom is 0.313 e. The molecule has 0 saturated heterocycles. The quantitative estimate of drug-likeness (QED) is 0.815. The van der Waals surface area contributed by atoms with E-state index in [-0.39, 0.29) is 11.0 Å². The van der Waals surface area contributed by atoms with Crippen LogP contribution in [0.4, 0.5) is 0 Å². The van der Waals surface area contributed by atoms with Gasteiger partial charge in [-0.2, -0.15) is 4.98 Å². The van der Waals surface area contributed by atoms with Gasteiger partial charge in [0.1, 0.15) is 0 Å². The van der Waals surface area contributed by atoms with E-state index in [2.05, 4.69) is 15.2 Å². The fourth-order valence-corrected chi connectivity index (χ4v) is 1.65. The van der Waals surface area contributed by atoms with Gasteiger partial charge in [-0.25, -0.2) is 0 Å². The van der Waals surface area contributed by atoms with Gasteiger partial charge >= 0.3 is 5.97 Å². The lowest BCUT2D eigenvalue weighted by atomic mass is 10.4. The number of aliphatic carboxylic acids is 1. The summed E-state index contributed by atoms with van der Waals surface area (Å²) >= 11 is 6.63. The summed E-state index contributed by atoms with van der Waals surface area (Å²) in [5.74, 6) is -0.132. The van der Waals surface area contributed by atoms with Crippen LogP contribution >= 0.6 is 23.4 Å². The van der Waals surface area contributed by atoms with Gasteiger partial charge in [0.05, 0.1) is 5.75 Å². The lowest BCUT2D eigenvalue weighted by molar-refractivity contribution is -0.133. The summed E-state index contributed by atoms with van der Waals surface area (Å²) in [6.45, 7) is 0. The van der Waals surface area contributed by atoms with Crippen molar-refractivity contribution in [3.8, 4) is 11.6 Å². The van der Waals surface area contributed by atoms with E-state index in [1.807, 2.05) is 0 Å². The number of hydrogen-bond acceptors (Lipinski definition) is 5. The van der Waals surface area contributed by atoms with Crippen molar-refractivity contribution in [3.05, 3.63) is 17.4 Å². The Labute approximate surface area is 99.0 Å². The molecule has 0 aliphatic heterocycles. The highest BCUT2D eigenvalue weighted by Crippen LogP contribution is 2.23. The van der Waals surface area contributed by atoms with Crippen molar-refractivity contribution < 1.29 is 14.3 Å². The number of carboxylic acid groups (broad SMARTS) is 1. The fourth-order valence-electron chi connectivity index (χ4n) is 0.989. The number of nitrogens with one attached hydrogen (secondary N) is 1. The van der Waals surface area contributed by atoms with Gasteiger partial charge in [0.15, 0.2) is 16.8 Å². The monoisotopic (exact) mass is 259 g/mol. The molecule has 0 atom stereocenters. The van der Waals surface area contributed by atoms with Crippen molar-refractivity contribution in [2.45, 2.75) is 5.16 Å². The lowest BCUT2D eigenvalue weighted by Crippen LogP contribution is -1.97. The maximum atomic E-state index is 10.3. The van der Waals surface area contributed by atoms with Gasteiger partial charge in [-0.3, -0.25) is 9.89 Å². The summed E-state index contributed by atoms with van der Waals surface area (Å²) in [6, 6.07) is 3.23. The molecule has 0 bridgehead atoms. The first-order valence-electron chi connectivity index (χ1n) is 4.18. The van der Waals surface area contributed by atoms with E-state index >= 15 is 0 Å². The van der Waals surface area contributed by atoms with Crippen LogP contribution in [-0.4, -0.2) is 32.0 Å². The zero-order valence-corrected chi connectivity index (χ0v) is 9.38. The Kier molecular flexibility index (Phi) is 3.16. The van der Waals surface area contributed by atoms with Gasteiger partial charge in [-0.1, -0.05) is 11.8 Å². The van der Waals surface area contributed by atoms with Gasteiger partial charge in [-0.15, -0.1) is 5.10 Å². The molecule has 0 radical (unpaired) electrons. The first-order chi connectivity index (χ1) is 7.65. The van der Waals surface area contributed by atoms with Crippen LogP contribution in [0, 0.1) is 0 Å². The van der Waals surface area contributed by atoms with Crippen LogP contribution in [0.1, 0.15) is 0 Å². The summed E-state index contributed by atoms with van der Waals surface area (Å²) in [7, 11) is 0. The molecule has 2 heterocycles. The minimum Gasteiger partial charge on any atom is -0.481 e. The molecule has 0 unspecified atom stereocenters. The molecular weight excluding hydrogens is 254 g/mol. The van der Waals surface area contributed by atoms with Gasteiger partial charge in [0, 0.05) is 0 Å². The summed E-state index contributed by atoms with van der Waals surface area (Å²) in [6.07, 6.45) is 0. The Hall–Kier alpha value is -1.47. The van der Waals surface area contributed by atoms with Crippen molar-refractivity contribution >= 4 is 29.3 Å². The smallest absolute Gasteiger partial charge is 0.313 e. The van der Waals surface area contributed by atoms with Crippen LogP contribution in [0.5, 0.6) is 0 Å². The predicted molar refractivity (Wildman–Crippen MR) is 57.5 cm³/mol. The second kappa shape index (κ2) is 4.58. The highest BCUT2D eigenvalue weighted by molar-refractivity contribution is 7.99. The Bertz CT molecular complexity index is 510. The largest absolute Gasteiger partial charge is 0.481 e. The zero-order valence-electron chi connectivity index (χ0n) is 7.81. The Balaban J connectivity index is 2.10. The molecule has 0 fully saturated rings. The number of thioether (sulfide) groups is 1. The van der Waals surface area contributed by atoms with Crippen LogP contribution < -0.4 is 0 Å². The molecule has 2 rings (SSSR count). The Morgan fingerprint density at radius 1 is 1.62 bits per heavy atom. The minimum absolute atomic E-state index is 0.0871. The number of carboxylic acids is 1. The first-order valence-corrected chi connectivity index (χ1v) is 5.54. The van der Waals surface area contributed by atoms with Gasteiger partial charge in [-0.05, 0) is 23.7 Å². The Morgan fingerprint density at radius 2 is 2.44 bits per heavy atom. The molecule has 0 amide bonds. The van der Waals surface area contributed by atoms with Crippen molar-refractivity contribution in [3.63, 3.8) is 0 Å².